The molecule has 1 saturated carbocycles. The minimum Gasteiger partial charge on any atom is -0.339 e. The minimum absolute atomic E-state index is 0.0376. The van der Waals surface area contributed by atoms with Gasteiger partial charge in [-0.15, -0.1) is 0 Å². The summed E-state index contributed by atoms with van der Waals surface area (Å²) in [6.45, 7) is 1.69. The van der Waals surface area contributed by atoms with Crippen LogP contribution in [0.3, 0.4) is 0 Å². The number of amides is 1. The monoisotopic (exact) mass is 378 g/mol. The summed E-state index contributed by atoms with van der Waals surface area (Å²) in [4.78, 5) is 15.3. The van der Waals surface area contributed by atoms with Crippen LogP contribution in [-0.2, 0) is 21.2 Å². The molecule has 0 unspecified atom stereocenters. The van der Waals surface area contributed by atoms with Gasteiger partial charge in [0.25, 0.3) is 0 Å². The Bertz CT molecular complexity index is 691. The lowest BCUT2D eigenvalue weighted by Crippen LogP contribution is -2.47. The molecule has 5 nitrogen and oxygen atoms in total. The second-order valence-electron chi connectivity index (χ2n) is 7.64. The van der Waals surface area contributed by atoms with Crippen LogP contribution in [0.5, 0.6) is 0 Å². The Morgan fingerprint density at radius 3 is 2.27 bits per heavy atom. The van der Waals surface area contributed by atoms with E-state index in [1.54, 1.807) is 0 Å². The molecule has 1 aliphatic carbocycles. The van der Waals surface area contributed by atoms with E-state index in [2.05, 4.69) is 17.0 Å². The molecule has 26 heavy (non-hydrogen) atoms. The molecule has 1 amide bonds. The van der Waals surface area contributed by atoms with Crippen molar-refractivity contribution in [3.05, 3.63) is 35.9 Å². The van der Waals surface area contributed by atoms with Gasteiger partial charge in [0.2, 0.25) is 15.9 Å². The standard InChI is InChI=1S/C20H30N2O3S/c1-26(24,25)21-14-12-18(13-15-21)20(23)22(19-9-5-6-10-19)16-11-17-7-3-2-4-8-17/h2-4,7-8,18-19H,5-6,9-16H2,1H3. The molecule has 0 N–H and O–H groups in total. The third-order valence-electron chi connectivity index (χ3n) is 5.80. The normalized spacial score (nSPS) is 20.3. The molecule has 1 aromatic rings. The predicted molar refractivity (Wildman–Crippen MR) is 103 cm³/mol. The van der Waals surface area contributed by atoms with E-state index >= 15 is 0 Å². The maximum Gasteiger partial charge on any atom is 0.226 e. The summed E-state index contributed by atoms with van der Waals surface area (Å²) in [5.41, 5.74) is 1.26. The molecule has 1 aliphatic heterocycles. The predicted octanol–water partition coefficient (Wildman–Crippen LogP) is 2.67. The zero-order valence-corrected chi connectivity index (χ0v) is 16.5. The molecule has 0 radical (unpaired) electrons. The van der Waals surface area contributed by atoms with Crippen molar-refractivity contribution >= 4 is 15.9 Å². The average Bonchev–Trinajstić information content (AvgIpc) is 3.16. The number of hydrogen-bond donors (Lipinski definition) is 0. The minimum atomic E-state index is -3.15. The number of sulfonamides is 1. The fraction of sp³-hybridized carbons (Fsp3) is 0.650. The Kier molecular flexibility index (Phi) is 6.35. The molecule has 1 saturated heterocycles. The van der Waals surface area contributed by atoms with Crippen LogP contribution < -0.4 is 0 Å². The van der Waals surface area contributed by atoms with E-state index in [1.807, 2.05) is 18.2 Å². The smallest absolute Gasteiger partial charge is 0.226 e. The van der Waals surface area contributed by atoms with E-state index in [0.717, 1.165) is 25.8 Å². The fourth-order valence-electron chi connectivity index (χ4n) is 4.25. The Morgan fingerprint density at radius 1 is 1.08 bits per heavy atom. The molecule has 1 heterocycles. The molecule has 0 spiro atoms. The maximum absolute atomic E-state index is 13.2. The van der Waals surface area contributed by atoms with E-state index in [1.165, 1.54) is 29.0 Å². The number of carbonyl (C=O) groups is 1. The molecule has 3 rings (SSSR count). The number of piperidine rings is 1. The third-order valence-corrected chi connectivity index (χ3v) is 7.11. The Balaban J connectivity index is 1.63. The van der Waals surface area contributed by atoms with Crippen LogP contribution in [0.1, 0.15) is 44.1 Å². The number of hydrogen-bond acceptors (Lipinski definition) is 3. The second-order valence-corrected chi connectivity index (χ2v) is 9.62. The quantitative estimate of drug-likeness (QED) is 0.765. The SMILES string of the molecule is CS(=O)(=O)N1CCC(C(=O)N(CCc2ccccc2)C2CCCC2)CC1. The molecule has 2 fully saturated rings. The number of benzene rings is 1. The number of rotatable bonds is 6. The van der Waals surface area contributed by atoms with E-state index in [9.17, 15) is 13.2 Å². The van der Waals surface area contributed by atoms with Crippen molar-refractivity contribution in [1.82, 2.24) is 9.21 Å². The van der Waals surface area contributed by atoms with Gasteiger partial charge in [-0.2, -0.15) is 0 Å². The molecule has 0 aromatic heterocycles. The van der Waals surface area contributed by atoms with E-state index in [0.29, 0.717) is 32.0 Å². The van der Waals surface area contributed by atoms with Crippen molar-refractivity contribution in [2.75, 3.05) is 25.9 Å². The van der Waals surface area contributed by atoms with Crippen molar-refractivity contribution in [3.63, 3.8) is 0 Å². The first-order valence-corrected chi connectivity index (χ1v) is 11.6. The first-order valence-electron chi connectivity index (χ1n) is 9.74. The van der Waals surface area contributed by atoms with Crippen LogP contribution in [0.2, 0.25) is 0 Å². The highest BCUT2D eigenvalue weighted by atomic mass is 32.2. The fourth-order valence-corrected chi connectivity index (χ4v) is 5.13. The molecule has 0 atom stereocenters. The molecule has 1 aromatic carbocycles. The first kappa shape index (κ1) is 19.4. The van der Waals surface area contributed by atoms with Crippen molar-refractivity contribution < 1.29 is 13.2 Å². The Hall–Kier alpha value is -1.40. The van der Waals surface area contributed by atoms with Gasteiger partial charge >= 0.3 is 0 Å². The maximum atomic E-state index is 13.2. The first-order chi connectivity index (χ1) is 12.4. The van der Waals surface area contributed by atoms with E-state index < -0.39 is 10.0 Å². The van der Waals surface area contributed by atoms with Gasteiger partial charge in [0, 0.05) is 31.6 Å². The average molecular weight is 379 g/mol. The van der Waals surface area contributed by atoms with Crippen molar-refractivity contribution in [2.24, 2.45) is 5.92 Å². The zero-order valence-electron chi connectivity index (χ0n) is 15.6. The lowest BCUT2D eigenvalue weighted by Gasteiger charge is -2.36. The van der Waals surface area contributed by atoms with Gasteiger partial charge in [-0.05, 0) is 37.7 Å². The summed E-state index contributed by atoms with van der Waals surface area (Å²) >= 11 is 0. The van der Waals surface area contributed by atoms with E-state index in [-0.39, 0.29) is 11.8 Å². The number of nitrogens with zero attached hydrogens (tertiary/aromatic N) is 2. The van der Waals surface area contributed by atoms with Gasteiger partial charge in [-0.1, -0.05) is 43.2 Å². The zero-order chi connectivity index (χ0) is 18.6. The third kappa shape index (κ3) is 4.86. The Morgan fingerprint density at radius 2 is 1.69 bits per heavy atom. The van der Waals surface area contributed by atoms with Crippen molar-refractivity contribution in [1.29, 1.82) is 0 Å². The lowest BCUT2D eigenvalue weighted by atomic mass is 9.95. The van der Waals surface area contributed by atoms with Crippen LogP contribution in [-0.4, -0.2) is 55.5 Å². The van der Waals surface area contributed by atoms with Crippen LogP contribution in [0, 0.1) is 5.92 Å². The van der Waals surface area contributed by atoms with Gasteiger partial charge in [0.15, 0.2) is 0 Å². The summed E-state index contributed by atoms with van der Waals surface area (Å²) < 4.78 is 24.9. The van der Waals surface area contributed by atoms with Crippen LogP contribution >= 0.6 is 0 Å². The van der Waals surface area contributed by atoms with Gasteiger partial charge < -0.3 is 4.90 Å². The summed E-state index contributed by atoms with van der Waals surface area (Å²) in [7, 11) is -3.15. The lowest BCUT2D eigenvalue weighted by molar-refractivity contribution is -0.139. The topological polar surface area (TPSA) is 57.7 Å². The molecule has 2 aliphatic rings. The summed E-state index contributed by atoms with van der Waals surface area (Å²) in [6.07, 6.45) is 8.01. The number of carbonyl (C=O) groups excluding carboxylic acids is 1. The van der Waals surface area contributed by atoms with E-state index in [4.69, 9.17) is 0 Å². The molecule has 0 bridgehead atoms. The molecule has 144 valence electrons. The highest BCUT2D eigenvalue weighted by Gasteiger charge is 2.34. The Labute approximate surface area is 157 Å². The van der Waals surface area contributed by atoms with Gasteiger partial charge in [-0.3, -0.25) is 4.79 Å². The summed E-state index contributed by atoms with van der Waals surface area (Å²) in [5, 5.41) is 0. The van der Waals surface area contributed by atoms with Crippen molar-refractivity contribution in [3.8, 4) is 0 Å². The largest absolute Gasteiger partial charge is 0.339 e. The van der Waals surface area contributed by atoms with Gasteiger partial charge in [0.05, 0.1) is 6.26 Å². The van der Waals surface area contributed by atoms with Gasteiger partial charge in [0.1, 0.15) is 0 Å². The van der Waals surface area contributed by atoms with Crippen LogP contribution in [0.15, 0.2) is 30.3 Å². The van der Waals surface area contributed by atoms with Gasteiger partial charge in [-0.25, -0.2) is 12.7 Å². The highest BCUT2D eigenvalue weighted by molar-refractivity contribution is 7.88. The molecule has 6 heteroatoms. The van der Waals surface area contributed by atoms with Crippen LogP contribution in [0.25, 0.3) is 0 Å². The second kappa shape index (κ2) is 8.53. The molecular formula is C20H30N2O3S. The van der Waals surface area contributed by atoms with Crippen LogP contribution in [0.4, 0.5) is 0 Å². The van der Waals surface area contributed by atoms with Crippen molar-refractivity contribution in [2.45, 2.75) is 51.0 Å². The summed E-state index contributed by atoms with van der Waals surface area (Å²) in [5.74, 6) is 0.199. The molecular weight excluding hydrogens is 348 g/mol. The summed E-state index contributed by atoms with van der Waals surface area (Å²) in [6, 6.07) is 10.7. The highest BCUT2D eigenvalue weighted by Crippen LogP contribution is 2.28.